The van der Waals surface area contributed by atoms with Crippen molar-refractivity contribution in [3.05, 3.63) is 36.4 Å². The molecule has 1 aromatic heterocycles. The number of hydrogen-bond acceptors (Lipinski definition) is 5. The van der Waals surface area contributed by atoms with E-state index < -0.39 is 0 Å². The molecule has 0 radical (unpaired) electrons. The fraction of sp³-hybridized carbons (Fsp3) is 0.357. The van der Waals surface area contributed by atoms with Gasteiger partial charge in [-0.05, 0) is 19.1 Å². The Balaban J connectivity index is 1.72. The number of aromatic nitrogens is 3. The zero-order valence-corrected chi connectivity index (χ0v) is 12.0. The summed E-state index contributed by atoms with van der Waals surface area (Å²) in [6.45, 7) is 3.40. The molecule has 0 saturated carbocycles. The molecule has 0 aliphatic rings. The molecular formula is C14H19N5O2. The van der Waals surface area contributed by atoms with E-state index in [0.717, 1.165) is 12.4 Å². The second-order valence-corrected chi connectivity index (χ2v) is 4.45. The lowest BCUT2D eigenvalue weighted by Crippen LogP contribution is -2.26. The van der Waals surface area contributed by atoms with E-state index in [9.17, 15) is 4.79 Å². The number of benzene rings is 1. The third-order valence-electron chi connectivity index (χ3n) is 2.99. The molecule has 0 saturated heterocycles. The van der Waals surface area contributed by atoms with E-state index in [0.29, 0.717) is 18.0 Å². The largest absolute Gasteiger partial charge is 0.491 e. The second-order valence-electron chi connectivity index (χ2n) is 4.45. The van der Waals surface area contributed by atoms with Crippen molar-refractivity contribution in [2.24, 2.45) is 0 Å². The number of nitrogens with two attached hydrogens (primary N) is 1. The molecule has 21 heavy (non-hydrogen) atoms. The van der Waals surface area contributed by atoms with Crippen LogP contribution in [0.5, 0.6) is 5.75 Å². The maximum Gasteiger partial charge on any atom is 0.223 e. The molecule has 7 heteroatoms. The third kappa shape index (κ3) is 4.20. The number of hydrogen-bond donors (Lipinski definition) is 2. The molecule has 3 N–H and O–H groups in total. The quantitative estimate of drug-likeness (QED) is 0.740. The Morgan fingerprint density at radius 1 is 1.43 bits per heavy atom. The van der Waals surface area contributed by atoms with Crippen LogP contribution in [0.1, 0.15) is 19.2 Å². The van der Waals surface area contributed by atoms with Gasteiger partial charge in [-0.2, -0.15) is 0 Å². The van der Waals surface area contributed by atoms with Crippen LogP contribution >= 0.6 is 0 Å². The van der Waals surface area contributed by atoms with Gasteiger partial charge in [-0.25, -0.2) is 0 Å². The maximum atomic E-state index is 11.7. The van der Waals surface area contributed by atoms with E-state index in [1.165, 1.54) is 0 Å². The minimum atomic E-state index is -0.102. The molecule has 2 rings (SSSR count). The Morgan fingerprint density at radius 3 is 3.00 bits per heavy atom. The lowest BCUT2D eigenvalue weighted by molar-refractivity contribution is -0.121. The molecule has 0 aliphatic heterocycles. The van der Waals surface area contributed by atoms with Crippen molar-refractivity contribution in [2.75, 3.05) is 12.3 Å². The average molecular weight is 289 g/mol. The zero-order chi connectivity index (χ0) is 15.1. The van der Waals surface area contributed by atoms with Crippen molar-refractivity contribution >= 4 is 11.6 Å². The summed E-state index contributed by atoms with van der Waals surface area (Å²) >= 11 is 0. The number of amides is 1. The highest BCUT2D eigenvalue weighted by Gasteiger charge is 2.06. The van der Waals surface area contributed by atoms with E-state index in [1.807, 2.05) is 23.6 Å². The normalized spacial score (nSPS) is 10.3. The minimum absolute atomic E-state index is 0.102. The number of para-hydroxylation sites is 2. The lowest BCUT2D eigenvalue weighted by Gasteiger charge is -2.09. The predicted octanol–water partition coefficient (Wildman–Crippen LogP) is 0.965. The number of nitrogen functional groups attached to an aromatic ring is 1. The fourth-order valence-electron chi connectivity index (χ4n) is 1.81. The van der Waals surface area contributed by atoms with Gasteiger partial charge in [0.1, 0.15) is 12.1 Å². The molecule has 112 valence electrons. The van der Waals surface area contributed by atoms with Crippen molar-refractivity contribution in [1.82, 2.24) is 20.1 Å². The van der Waals surface area contributed by atoms with Gasteiger partial charge >= 0.3 is 0 Å². The number of ether oxygens (including phenoxy) is 1. The molecule has 0 bridgehead atoms. The van der Waals surface area contributed by atoms with Crippen molar-refractivity contribution < 1.29 is 9.53 Å². The molecular weight excluding hydrogens is 270 g/mol. The highest BCUT2D eigenvalue weighted by atomic mass is 16.5. The summed E-state index contributed by atoms with van der Waals surface area (Å²) in [5, 5.41) is 10.5. The Kier molecular flexibility index (Phi) is 5.14. The number of nitrogens with one attached hydrogen (secondary N) is 1. The zero-order valence-electron chi connectivity index (χ0n) is 12.0. The van der Waals surface area contributed by atoms with Crippen LogP contribution in [0.4, 0.5) is 5.69 Å². The average Bonchev–Trinajstić information content (AvgIpc) is 2.94. The van der Waals surface area contributed by atoms with Gasteiger partial charge in [-0.1, -0.05) is 12.1 Å². The van der Waals surface area contributed by atoms with Gasteiger partial charge in [0.15, 0.2) is 5.82 Å². The summed E-state index contributed by atoms with van der Waals surface area (Å²) in [5.74, 6) is 1.23. The highest BCUT2D eigenvalue weighted by Crippen LogP contribution is 2.19. The number of carbonyl (C=O) groups is 1. The van der Waals surface area contributed by atoms with E-state index in [2.05, 4.69) is 15.5 Å². The summed E-state index contributed by atoms with van der Waals surface area (Å²) in [4.78, 5) is 11.7. The molecule has 0 unspecified atom stereocenters. The van der Waals surface area contributed by atoms with Gasteiger partial charge < -0.3 is 20.4 Å². The molecule has 0 fully saturated rings. The first-order valence-electron chi connectivity index (χ1n) is 6.81. The molecule has 1 amide bonds. The van der Waals surface area contributed by atoms with Crippen LogP contribution in [0, 0.1) is 0 Å². The van der Waals surface area contributed by atoms with Gasteiger partial charge in [0, 0.05) is 6.54 Å². The molecule has 1 aromatic carbocycles. The Morgan fingerprint density at radius 2 is 2.24 bits per heavy atom. The maximum absolute atomic E-state index is 11.7. The number of rotatable bonds is 7. The molecule has 0 aliphatic carbocycles. The Bertz CT molecular complexity index is 597. The molecule has 2 aromatic rings. The predicted molar refractivity (Wildman–Crippen MR) is 78.5 cm³/mol. The van der Waals surface area contributed by atoms with Crippen LogP contribution in [0.3, 0.4) is 0 Å². The van der Waals surface area contributed by atoms with Crippen molar-refractivity contribution in [1.29, 1.82) is 0 Å². The van der Waals surface area contributed by atoms with Crippen LogP contribution in [-0.2, 0) is 17.9 Å². The minimum Gasteiger partial charge on any atom is -0.491 e. The second kappa shape index (κ2) is 7.28. The van der Waals surface area contributed by atoms with Gasteiger partial charge in [-0.15, -0.1) is 10.2 Å². The van der Waals surface area contributed by atoms with E-state index >= 15 is 0 Å². The smallest absolute Gasteiger partial charge is 0.223 e. The molecule has 1 heterocycles. The summed E-state index contributed by atoms with van der Waals surface area (Å²) in [6.07, 6.45) is 1.90. The number of anilines is 1. The van der Waals surface area contributed by atoms with Crippen LogP contribution in [0.15, 0.2) is 30.6 Å². The first kappa shape index (κ1) is 14.8. The van der Waals surface area contributed by atoms with E-state index in [4.69, 9.17) is 10.5 Å². The summed E-state index contributed by atoms with van der Waals surface area (Å²) in [7, 11) is 0. The Hall–Kier alpha value is -2.57. The highest BCUT2D eigenvalue weighted by molar-refractivity contribution is 5.75. The van der Waals surface area contributed by atoms with Crippen LogP contribution < -0.4 is 15.8 Å². The van der Waals surface area contributed by atoms with Crippen LogP contribution in [0.25, 0.3) is 0 Å². The monoisotopic (exact) mass is 289 g/mol. The number of aryl methyl sites for hydroxylation is 1. The Labute approximate surface area is 123 Å². The summed E-state index contributed by atoms with van der Waals surface area (Å²) in [6, 6.07) is 7.20. The SMILES string of the molecule is CCn1cnnc1CNC(=O)CCOc1ccccc1N. The topological polar surface area (TPSA) is 95.1 Å². The first-order valence-corrected chi connectivity index (χ1v) is 6.81. The van der Waals surface area contributed by atoms with Gasteiger partial charge in [0.25, 0.3) is 0 Å². The van der Waals surface area contributed by atoms with Gasteiger partial charge in [0.2, 0.25) is 5.91 Å². The lowest BCUT2D eigenvalue weighted by atomic mass is 10.3. The van der Waals surface area contributed by atoms with Gasteiger partial charge in [0.05, 0.1) is 25.3 Å². The van der Waals surface area contributed by atoms with E-state index in [-0.39, 0.29) is 18.9 Å². The molecule has 7 nitrogen and oxygen atoms in total. The summed E-state index contributed by atoms with van der Waals surface area (Å²) in [5.41, 5.74) is 6.31. The van der Waals surface area contributed by atoms with E-state index in [1.54, 1.807) is 18.5 Å². The first-order chi connectivity index (χ1) is 10.2. The number of nitrogens with zero attached hydrogens (tertiary/aromatic N) is 3. The third-order valence-corrected chi connectivity index (χ3v) is 2.99. The van der Waals surface area contributed by atoms with Gasteiger partial charge in [-0.3, -0.25) is 4.79 Å². The molecule has 0 spiro atoms. The van der Waals surface area contributed by atoms with Crippen molar-refractivity contribution in [2.45, 2.75) is 26.4 Å². The van der Waals surface area contributed by atoms with Crippen molar-refractivity contribution in [3.8, 4) is 5.75 Å². The van der Waals surface area contributed by atoms with Crippen LogP contribution in [0.2, 0.25) is 0 Å². The number of carbonyl (C=O) groups excluding carboxylic acids is 1. The standard InChI is InChI=1S/C14H19N5O2/c1-2-19-10-17-18-13(19)9-16-14(20)7-8-21-12-6-4-3-5-11(12)15/h3-6,10H,2,7-9,15H2,1H3,(H,16,20). The summed E-state index contributed by atoms with van der Waals surface area (Å²) < 4.78 is 7.35. The molecule has 0 atom stereocenters. The fourth-order valence-corrected chi connectivity index (χ4v) is 1.81. The van der Waals surface area contributed by atoms with Crippen molar-refractivity contribution in [3.63, 3.8) is 0 Å². The van der Waals surface area contributed by atoms with Crippen LogP contribution in [-0.4, -0.2) is 27.3 Å².